The topological polar surface area (TPSA) is 38.9 Å². The molecule has 0 radical (unpaired) electrons. The zero-order valence-corrected chi connectivity index (χ0v) is 28.1. The van der Waals surface area contributed by atoms with Gasteiger partial charge < -0.3 is 4.42 Å². The van der Waals surface area contributed by atoms with E-state index in [9.17, 15) is 0 Å². The summed E-state index contributed by atoms with van der Waals surface area (Å²) in [6, 6.07) is 60.4. The zero-order chi connectivity index (χ0) is 34.2. The van der Waals surface area contributed by atoms with Crippen molar-refractivity contribution < 1.29 is 4.42 Å². The van der Waals surface area contributed by atoms with E-state index in [0.717, 1.165) is 50.0 Å². The summed E-state index contributed by atoms with van der Waals surface area (Å²) in [5.74, 6) is 0.697. The van der Waals surface area contributed by atoms with Crippen molar-refractivity contribution in [3.63, 3.8) is 0 Å². The van der Waals surface area contributed by atoms with Crippen LogP contribution in [0.1, 0.15) is 33.4 Å². The van der Waals surface area contributed by atoms with E-state index in [1.807, 2.05) is 18.2 Å². The van der Waals surface area contributed by atoms with Gasteiger partial charge in [0.05, 0.1) is 16.8 Å². The lowest BCUT2D eigenvalue weighted by Crippen LogP contribution is -2.30. The van der Waals surface area contributed by atoms with Crippen molar-refractivity contribution >= 4 is 34.1 Å². The predicted octanol–water partition coefficient (Wildman–Crippen LogP) is 12.2. The average molecular weight is 663 g/mol. The smallest absolute Gasteiger partial charge is 0.160 e. The van der Waals surface area contributed by atoms with Gasteiger partial charge in [-0.1, -0.05) is 152 Å². The van der Waals surface area contributed by atoms with Crippen molar-refractivity contribution in [3.05, 3.63) is 203 Å². The molecule has 2 heterocycles. The van der Waals surface area contributed by atoms with Crippen LogP contribution in [0.2, 0.25) is 0 Å². The second kappa shape index (κ2) is 11.1. The van der Waals surface area contributed by atoms with Gasteiger partial charge in [-0.05, 0) is 74.8 Å². The minimum absolute atomic E-state index is 0.608. The summed E-state index contributed by atoms with van der Waals surface area (Å²) in [4.78, 5) is 10.5. The molecule has 1 spiro atoms. The van der Waals surface area contributed by atoms with E-state index >= 15 is 0 Å². The van der Waals surface area contributed by atoms with Gasteiger partial charge in [0.25, 0.3) is 0 Å². The Balaban J connectivity index is 1.23. The van der Waals surface area contributed by atoms with Crippen molar-refractivity contribution in [1.29, 1.82) is 0 Å². The lowest BCUT2D eigenvalue weighted by molar-refractivity contribution is 0.668. The molecule has 242 valence electrons. The normalized spacial score (nSPS) is 15.3. The Kier molecular flexibility index (Phi) is 6.17. The van der Waals surface area contributed by atoms with Gasteiger partial charge in [0.15, 0.2) is 5.82 Å². The summed E-state index contributed by atoms with van der Waals surface area (Å²) in [5.41, 5.74) is 15.8. The van der Waals surface area contributed by atoms with Crippen LogP contribution < -0.4 is 0 Å². The maximum atomic E-state index is 6.48. The maximum Gasteiger partial charge on any atom is 0.160 e. The number of hydrogen-bond donors (Lipinski definition) is 0. The maximum absolute atomic E-state index is 6.48. The molecular formula is C49H30N2O. The van der Waals surface area contributed by atoms with E-state index in [1.165, 1.54) is 44.5 Å². The van der Waals surface area contributed by atoms with Crippen LogP contribution in [0.4, 0.5) is 0 Å². The van der Waals surface area contributed by atoms with Crippen LogP contribution in [0.25, 0.3) is 79.1 Å². The fraction of sp³-hybridized carbons (Fsp3) is 0.0204. The van der Waals surface area contributed by atoms with Gasteiger partial charge in [-0.2, -0.15) is 0 Å². The van der Waals surface area contributed by atoms with Gasteiger partial charge in [-0.3, -0.25) is 0 Å². The molecule has 1 unspecified atom stereocenters. The molecule has 52 heavy (non-hydrogen) atoms. The molecule has 2 aromatic heterocycles. The molecule has 11 rings (SSSR count). The number of rotatable bonds is 3. The Hall–Kier alpha value is -6.84. The van der Waals surface area contributed by atoms with Crippen LogP contribution in [0.15, 0.2) is 174 Å². The van der Waals surface area contributed by atoms with Gasteiger partial charge >= 0.3 is 0 Å². The molecule has 1 atom stereocenters. The van der Waals surface area contributed by atoms with Gasteiger partial charge in [0.1, 0.15) is 11.2 Å². The summed E-state index contributed by atoms with van der Waals surface area (Å²) < 4.78 is 6.48. The quantitative estimate of drug-likeness (QED) is 0.189. The van der Waals surface area contributed by atoms with Crippen LogP contribution in [0, 0.1) is 0 Å². The highest BCUT2D eigenvalue weighted by Gasteiger charge is 2.49. The van der Waals surface area contributed by atoms with Crippen molar-refractivity contribution in [3.8, 4) is 45.0 Å². The number of benzene rings is 7. The largest absolute Gasteiger partial charge is 0.456 e. The highest BCUT2D eigenvalue weighted by atomic mass is 16.3. The van der Waals surface area contributed by atoms with Crippen molar-refractivity contribution in [1.82, 2.24) is 9.97 Å². The van der Waals surface area contributed by atoms with Gasteiger partial charge in [0.2, 0.25) is 0 Å². The Morgan fingerprint density at radius 2 is 1.02 bits per heavy atom. The Morgan fingerprint density at radius 3 is 1.79 bits per heavy atom. The first-order valence-electron chi connectivity index (χ1n) is 17.7. The molecule has 3 heteroatoms. The van der Waals surface area contributed by atoms with E-state index in [4.69, 9.17) is 14.4 Å². The SMILES string of the molecule is C1=Cc2ccc(-c3nc(-c4ccccc4)cc(-c4ccccc4)n3)cc2C2(c3ccccc31)c1ccccc1-c1cc3oc4ccccc4c3cc12. The van der Waals surface area contributed by atoms with Crippen molar-refractivity contribution in [2.45, 2.75) is 5.41 Å². The molecule has 2 aliphatic carbocycles. The summed E-state index contributed by atoms with van der Waals surface area (Å²) in [7, 11) is 0. The Bertz CT molecular complexity index is 2850. The number of fused-ring (bicyclic) bond motifs is 12. The molecule has 0 saturated carbocycles. The molecule has 0 N–H and O–H groups in total. The molecule has 0 amide bonds. The van der Waals surface area contributed by atoms with E-state index < -0.39 is 5.41 Å². The number of hydrogen-bond acceptors (Lipinski definition) is 3. The fourth-order valence-electron chi connectivity index (χ4n) is 8.64. The van der Waals surface area contributed by atoms with Crippen LogP contribution in [-0.2, 0) is 5.41 Å². The van der Waals surface area contributed by atoms with E-state index in [1.54, 1.807) is 0 Å². The van der Waals surface area contributed by atoms with Crippen LogP contribution >= 0.6 is 0 Å². The Morgan fingerprint density at radius 1 is 0.385 bits per heavy atom. The van der Waals surface area contributed by atoms with E-state index in [-0.39, 0.29) is 0 Å². The minimum atomic E-state index is -0.608. The van der Waals surface area contributed by atoms with E-state index in [2.05, 4.69) is 164 Å². The van der Waals surface area contributed by atoms with Crippen LogP contribution in [0.3, 0.4) is 0 Å². The van der Waals surface area contributed by atoms with Crippen LogP contribution in [-0.4, -0.2) is 9.97 Å². The third-order valence-corrected chi connectivity index (χ3v) is 10.9. The molecule has 0 aliphatic heterocycles. The molecule has 7 aromatic carbocycles. The van der Waals surface area contributed by atoms with Gasteiger partial charge in [-0.15, -0.1) is 0 Å². The van der Waals surface area contributed by atoms with E-state index in [0.29, 0.717) is 5.82 Å². The summed E-state index contributed by atoms with van der Waals surface area (Å²) in [5, 5.41) is 2.25. The number of nitrogens with zero attached hydrogens (tertiary/aromatic N) is 2. The molecule has 9 aromatic rings. The molecule has 0 bridgehead atoms. The first-order chi connectivity index (χ1) is 25.8. The second-order valence-electron chi connectivity index (χ2n) is 13.7. The zero-order valence-electron chi connectivity index (χ0n) is 28.1. The molecule has 0 saturated heterocycles. The van der Waals surface area contributed by atoms with Crippen LogP contribution in [0.5, 0.6) is 0 Å². The third-order valence-electron chi connectivity index (χ3n) is 10.9. The first-order valence-corrected chi connectivity index (χ1v) is 17.7. The second-order valence-corrected chi connectivity index (χ2v) is 13.7. The highest BCUT2D eigenvalue weighted by molar-refractivity contribution is 6.08. The van der Waals surface area contributed by atoms with Gasteiger partial charge in [-0.25, -0.2) is 9.97 Å². The summed E-state index contributed by atoms with van der Waals surface area (Å²) in [6.45, 7) is 0. The lowest BCUT2D eigenvalue weighted by atomic mass is 9.65. The van der Waals surface area contributed by atoms with Gasteiger partial charge in [0, 0.05) is 27.5 Å². The molecule has 0 fully saturated rings. The summed E-state index contributed by atoms with van der Waals surface area (Å²) in [6.07, 6.45) is 4.55. The van der Waals surface area contributed by atoms with Crippen molar-refractivity contribution in [2.24, 2.45) is 0 Å². The highest BCUT2D eigenvalue weighted by Crippen LogP contribution is 2.59. The Labute approximate surface area is 301 Å². The average Bonchev–Trinajstić information content (AvgIpc) is 3.67. The molecular weight excluding hydrogens is 633 g/mol. The third kappa shape index (κ3) is 4.14. The van der Waals surface area contributed by atoms with Crippen molar-refractivity contribution in [2.75, 3.05) is 0 Å². The standard InChI is InChI=1S/C49H30N2O/c1-3-14-33(15-4-1)44-30-45(34-16-5-2-6-17-34)51-48(50-44)35-26-25-32-24-23-31-13-7-10-20-40(31)49(42(32)27-35)41-21-11-8-18-36(41)38-29-47-39(28-43(38)49)37-19-9-12-22-46(37)52-47/h1-30H. The first kappa shape index (κ1) is 28.9. The number of furan rings is 1. The number of para-hydroxylation sites is 1. The number of aromatic nitrogens is 2. The predicted molar refractivity (Wildman–Crippen MR) is 212 cm³/mol. The fourth-order valence-corrected chi connectivity index (χ4v) is 8.64. The monoisotopic (exact) mass is 662 g/mol. The molecule has 2 aliphatic rings. The molecule has 3 nitrogen and oxygen atoms in total. The summed E-state index contributed by atoms with van der Waals surface area (Å²) >= 11 is 0. The minimum Gasteiger partial charge on any atom is -0.456 e. The lowest BCUT2D eigenvalue weighted by Gasteiger charge is -2.35.